The van der Waals surface area contributed by atoms with Gasteiger partial charge in [0.25, 0.3) is 0 Å². The predicted octanol–water partition coefficient (Wildman–Crippen LogP) is -2.24. The molecule has 14 heavy (non-hydrogen) atoms. The van der Waals surface area contributed by atoms with Gasteiger partial charge in [-0.2, -0.15) is 0 Å². The molecule has 0 aliphatic carbocycles. The molecule has 0 bridgehead atoms. The van der Waals surface area contributed by atoms with Crippen LogP contribution in [0.5, 0.6) is 0 Å². The molecule has 2 rings (SSSR count). The summed E-state index contributed by atoms with van der Waals surface area (Å²) >= 11 is 0. The maximum atomic E-state index is 9.77. The molecule has 0 aromatic carbocycles. The Morgan fingerprint density at radius 2 is 1.79 bits per heavy atom. The molecule has 2 heterocycles. The average molecular weight is 203 g/mol. The summed E-state index contributed by atoms with van der Waals surface area (Å²) in [6.45, 7) is 2.33. The van der Waals surface area contributed by atoms with Crippen LogP contribution in [0, 0.1) is 5.92 Å². The van der Waals surface area contributed by atoms with Crippen molar-refractivity contribution in [1.29, 1.82) is 0 Å². The normalized spacial score (nSPS) is 53.8. The zero-order valence-electron chi connectivity index (χ0n) is 8.11. The van der Waals surface area contributed by atoms with Crippen LogP contribution in [0.2, 0.25) is 0 Å². The largest absolute Gasteiger partial charge is 0.395 e. The van der Waals surface area contributed by atoms with Gasteiger partial charge in [-0.15, -0.1) is 0 Å². The van der Waals surface area contributed by atoms with Gasteiger partial charge < -0.3 is 20.4 Å². The van der Waals surface area contributed by atoms with Crippen LogP contribution in [-0.4, -0.2) is 68.9 Å². The predicted molar refractivity (Wildman–Crippen MR) is 48.6 cm³/mol. The Hall–Kier alpha value is -0.200. The minimum atomic E-state index is -0.952. The lowest BCUT2D eigenvalue weighted by molar-refractivity contribution is -0.00774. The summed E-state index contributed by atoms with van der Waals surface area (Å²) in [5, 5.41) is 38.2. The lowest BCUT2D eigenvalue weighted by Crippen LogP contribution is -2.39. The lowest BCUT2D eigenvalue weighted by atomic mass is 9.97. The van der Waals surface area contributed by atoms with Crippen molar-refractivity contribution in [2.45, 2.75) is 37.3 Å². The third-order valence-corrected chi connectivity index (χ3v) is 3.52. The van der Waals surface area contributed by atoms with Crippen LogP contribution < -0.4 is 0 Å². The number of aliphatic hydroxyl groups is 4. The zero-order valence-corrected chi connectivity index (χ0v) is 8.11. The van der Waals surface area contributed by atoms with E-state index in [0.29, 0.717) is 6.54 Å². The van der Waals surface area contributed by atoms with Crippen molar-refractivity contribution in [3.05, 3.63) is 0 Å². The molecule has 0 amide bonds. The minimum Gasteiger partial charge on any atom is -0.395 e. The molecule has 5 heteroatoms. The number of hydrogen-bond donors (Lipinski definition) is 4. The van der Waals surface area contributed by atoms with Crippen molar-refractivity contribution in [3.63, 3.8) is 0 Å². The highest BCUT2D eigenvalue weighted by atomic mass is 16.3. The fourth-order valence-corrected chi connectivity index (χ4v) is 2.69. The summed E-state index contributed by atoms with van der Waals surface area (Å²) in [6.07, 6.45) is -2.52. The Kier molecular flexibility index (Phi) is 2.53. The van der Waals surface area contributed by atoms with Gasteiger partial charge in [0, 0.05) is 6.54 Å². The van der Waals surface area contributed by atoms with Crippen molar-refractivity contribution in [1.82, 2.24) is 4.90 Å². The third kappa shape index (κ3) is 1.20. The van der Waals surface area contributed by atoms with Gasteiger partial charge in [0.05, 0.1) is 37.0 Å². The van der Waals surface area contributed by atoms with Crippen molar-refractivity contribution in [3.8, 4) is 0 Å². The quantitative estimate of drug-likeness (QED) is 0.387. The maximum Gasteiger partial charge on any atom is 0.0995 e. The molecule has 4 N–H and O–H groups in total. The van der Waals surface area contributed by atoms with Crippen LogP contribution in [-0.2, 0) is 0 Å². The van der Waals surface area contributed by atoms with Crippen molar-refractivity contribution < 1.29 is 20.4 Å². The summed E-state index contributed by atoms with van der Waals surface area (Å²) < 4.78 is 0. The molecule has 6 atom stereocenters. The maximum absolute atomic E-state index is 9.77. The van der Waals surface area contributed by atoms with Gasteiger partial charge >= 0.3 is 0 Å². The molecule has 0 spiro atoms. The van der Waals surface area contributed by atoms with Gasteiger partial charge in [-0.25, -0.2) is 0 Å². The molecule has 2 fully saturated rings. The van der Waals surface area contributed by atoms with E-state index in [4.69, 9.17) is 5.11 Å². The van der Waals surface area contributed by atoms with E-state index in [9.17, 15) is 15.3 Å². The Morgan fingerprint density at radius 1 is 1.14 bits per heavy atom. The van der Waals surface area contributed by atoms with Crippen LogP contribution in [0.1, 0.15) is 6.92 Å². The van der Waals surface area contributed by atoms with E-state index in [1.54, 1.807) is 0 Å². The van der Waals surface area contributed by atoms with Crippen LogP contribution >= 0.6 is 0 Å². The van der Waals surface area contributed by atoms with E-state index < -0.39 is 30.4 Å². The molecule has 6 unspecified atom stereocenters. The molecular weight excluding hydrogens is 186 g/mol. The SMILES string of the molecule is CC1CN2C(CO)C(O)C(O)C2C1O. The molecular formula is C9H17NO4. The van der Waals surface area contributed by atoms with Crippen LogP contribution in [0.15, 0.2) is 0 Å². The zero-order chi connectivity index (χ0) is 10.5. The first-order chi connectivity index (χ1) is 6.57. The highest BCUT2D eigenvalue weighted by Gasteiger charge is 2.55. The number of aliphatic hydroxyl groups excluding tert-OH is 4. The highest BCUT2D eigenvalue weighted by molar-refractivity contribution is 5.08. The van der Waals surface area contributed by atoms with E-state index in [1.165, 1.54) is 0 Å². The molecule has 2 aliphatic heterocycles. The van der Waals surface area contributed by atoms with Gasteiger partial charge in [-0.3, -0.25) is 4.90 Å². The van der Waals surface area contributed by atoms with E-state index in [2.05, 4.69) is 0 Å². The summed E-state index contributed by atoms with van der Waals surface area (Å²) in [5.74, 6) is 0.0798. The molecule has 2 saturated heterocycles. The molecule has 0 aromatic rings. The van der Waals surface area contributed by atoms with Gasteiger partial charge in [0.15, 0.2) is 0 Å². The minimum absolute atomic E-state index is 0.0798. The highest BCUT2D eigenvalue weighted by Crippen LogP contribution is 2.35. The van der Waals surface area contributed by atoms with Crippen LogP contribution in [0.25, 0.3) is 0 Å². The van der Waals surface area contributed by atoms with Gasteiger partial charge in [-0.05, 0) is 5.92 Å². The lowest BCUT2D eigenvalue weighted by Gasteiger charge is -2.22. The van der Waals surface area contributed by atoms with Crippen molar-refractivity contribution in [2.75, 3.05) is 13.2 Å². The molecule has 82 valence electrons. The summed E-state index contributed by atoms with van der Waals surface area (Å²) in [6, 6.07) is -0.855. The van der Waals surface area contributed by atoms with Crippen LogP contribution in [0.3, 0.4) is 0 Å². The topological polar surface area (TPSA) is 84.2 Å². The fourth-order valence-electron chi connectivity index (χ4n) is 2.69. The number of rotatable bonds is 1. The number of fused-ring (bicyclic) bond motifs is 1. The third-order valence-electron chi connectivity index (χ3n) is 3.52. The monoisotopic (exact) mass is 203 g/mol. The van der Waals surface area contributed by atoms with Gasteiger partial charge in [0.2, 0.25) is 0 Å². The fraction of sp³-hybridized carbons (Fsp3) is 1.00. The van der Waals surface area contributed by atoms with Gasteiger partial charge in [0.1, 0.15) is 0 Å². The Morgan fingerprint density at radius 3 is 2.36 bits per heavy atom. The number of nitrogens with zero attached hydrogens (tertiary/aromatic N) is 1. The molecule has 0 radical (unpaired) electrons. The van der Waals surface area contributed by atoms with E-state index in [0.717, 1.165) is 0 Å². The van der Waals surface area contributed by atoms with E-state index in [-0.39, 0.29) is 12.5 Å². The van der Waals surface area contributed by atoms with Crippen LogP contribution in [0.4, 0.5) is 0 Å². The van der Waals surface area contributed by atoms with E-state index in [1.807, 2.05) is 11.8 Å². The second-order valence-corrected chi connectivity index (χ2v) is 4.39. The molecule has 0 aromatic heterocycles. The Labute approximate surface area is 82.6 Å². The molecule has 5 nitrogen and oxygen atoms in total. The van der Waals surface area contributed by atoms with Crippen molar-refractivity contribution >= 4 is 0 Å². The molecule has 2 aliphatic rings. The second-order valence-electron chi connectivity index (χ2n) is 4.39. The first-order valence-electron chi connectivity index (χ1n) is 4.98. The Bertz CT molecular complexity index is 225. The Balaban J connectivity index is 2.21. The summed E-state index contributed by atoms with van der Waals surface area (Å²) in [7, 11) is 0. The second kappa shape index (κ2) is 3.43. The standard InChI is InChI=1S/C9H17NO4/c1-4-2-10-5(3-11)8(13)9(14)6(10)7(4)12/h4-9,11-14H,2-3H2,1H3. The van der Waals surface area contributed by atoms with Crippen molar-refractivity contribution in [2.24, 2.45) is 5.92 Å². The number of hydrogen-bond acceptors (Lipinski definition) is 5. The first-order valence-corrected chi connectivity index (χ1v) is 4.98. The first kappa shape index (κ1) is 10.3. The molecule has 0 saturated carbocycles. The van der Waals surface area contributed by atoms with E-state index >= 15 is 0 Å². The van der Waals surface area contributed by atoms with Gasteiger partial charge in [-0.1, -0.05) is 6.92 Å². The summed E-state index contributed by atoms with van der Waals surface area (Å²) in [4.78, 5) is 1.81. The smallest absolute Gasteiger partial charge is 0.0995 e. The average Bonchev–Trinajstić information content (AvgIpc) is 2.54. The summed E-state index contributed by atoms with van der Waals surface area (Å²) in [5.41, 5.74) is 0.